The molecular weight excluding hydrogens is 270 g/mol. The van der Waals surface area contributed by atoms with Crippen molar-refractivity contribution in [1.29, 1.82) is 0 Å². The molecule has 0 atom stereocenters. The molecule has 6 nitrogen and oxygen atoms in total. The highest BCUT2D eigenvalue weighted by atomic mass is 16.5. The Morgan fingerprint density at radius 3 is 2.86 bits per heavy atom. The molecule has 1 fully saturated rings. The first-order valence-electron chi connectivity index (χ1n) is 7.32. The smallest absolute Gasteiger partial charge is 0.224 e. The summed E-state index contributed by atoms with van der Waals surface area (Å²) in [5.74, 6) is 0.0290. The first-order valence-corrected chi connectivity index (χ1v) is 7.32. The van der Waals surface area contributed by atoms with Gasteiger partial charge in [-0.2, -0.15) is 0 Å². The van der Waals surface area contributed by atoms with Crippen LogP contribution in [-0.4, -0.2) is 36.4 Å². The van der Waals surface area contributed by atoms with Gasteiger partial charge >= 0.3 is 0 Å². The molecule has 2 heterocycles. The monoisotopic (exact) mass is 291 g/mol. The molecular formula is C15H21N3O3. The highest BCUT2D eigenvalue weighted by Crippen LogP contribution is 2.32. The Bertz CT molecular complexity index is 553. The van der Waals surface area contributed by atoms with E-state index in [0.717, 1.165) is 16.9 Å². The summed E-state index contributed by atoms with van der Waals surface area (Å²) in [4.78, 5) is 11.5. The first-order chi connectivity index (χ1) is 10.1. The van der Waals surface area contributed by atoms with Crippen LogP contribution in [0.3, 0.4) is 0 Å². The van der Waals surface area contributed by atoms with Crippen LogP contribution in [0.5, 0.6) is 0 Å². The van der Waals surface area contributed by atoms with Crippen LogP contribution in [0, 0.1) is 0 Å². The zero-order valence-corrected chi connectivity index (χ0v) is 11.9. The minimum absolute atomic E-state index is 0.0290. The van der Waals surface area contributed by atoms with Gasteiger partial charge in [-0.05, 0) is 24.1 Å². The standard InChI is InChI=1S/C15H21N3O3/c16-11-7-10-1-2-14(19)18-12(10)8-13(11)17-9-15(20)3-5-21-6-4-15/h7-8,17,20H,1-6,9,16H2,(H,18,19). The van der Waals surface area contributed by atoms with Crippen molar-refractivity contribution < 1.29 is 14.6 Å². The second-order valence-electron chi connectivity index (χ2n) is 5.84. The fourth-order valence-electron chi connectivity index (χ4n) is 2.79. The molecule has 0 spiro atoms. The van der Waals surface area contributed by atoms with E-state index < -0.39 is 5.60 Å². The van der Waals surface area contributed by atoms with Crippen LogP contribution in [-0.2, 0) is 16.0 Å². The normalized spacial score (nSPS) is 20.5. The number of anilines is 3. The van der Waals surface area contributed by atoms with Gasteiger partial charge in [0.1, 0.15) is 0 Å². The molecule has 0 unspecified atom stereocenters. The molecule has 1 aromatic carbocycles. The van der Waals surface area contributed by atoms with E-state index in [1.807, 2.05) is 12.1 Å². The topological polar surface area (TPSA) is 96.6 Å². The lowest BCUT2D eigenvalue weighted by atomic mass is 9.94. The number of rotatable bonds is 3. The van der Waals surface area contributed by atoms with E-state index in [9.17, 15) is 9.90 Å². The van der Waals surface area contributed by atoms with E-state index in [-0.39, 0.29) is 5.91 Å². The van der Waals surface area contributed by atoms with Crippen LogP contribution in [0.15, 0.2) is 12.1 Å². The molecule has 0 saturated carbocycles. The van der Waals surface area contributed by atoms with Crippen molar-refractivity contribution in [2.75, 3.05) is 36.1 Å². The third-order valence-corrected chi connectivity index (χ3v) is 4.20. The van der Waals surface area contributed by atoms with Crippen molar-refractivity contribution in [2.45, 2.75) is 31.3 Å². The van der Waals surface area contributed by atoms with E-state index in [1.165, 1.54) is 0 Å². The molecule has 114 valence electrons. The van der Waals surface area contributed by atoms with Crippen molar-refractivity contribution in [1.82, 2.24) is 0 Å². The number of hydrogen-bond acceptors (Lipinski definition) is 5. The third-order valence-electron chi connectivity index (χ3n) is 4.20. The fourth-order valence-corrected chi connectivity index (χ4v) is 2.79. The van der Waals surface area contributed by atoms with Crippen LogP contribution in [0.1, 0.15) is 24.8 Å². The van der Waals surface area contributed by atoms with Gasteiger partial charge in [-0.3, -0.25) is 4.79 Å². The Hall–Kier alpha value is -1.79. The number of ether oxygens (including phenoxy) is 1. The molecule has 2 aliphatic heterocycles. The maximum Gasteiger partial charge on any atom is 0.224 e. The lowest BCUT2D eigenvalue weighted by Gasteiger charge is -2.32. The number of nitrogens with one attached hydrogen (secondary N) is 2. The lowest BCUT2D eigenvalue weighted by Crippen LogP contribution is -2.42. The SMILES string of the molecule is Nc1cc2c(cc1NCC1(O)CCOCC1)NC(=O)CC2. The highest BCUT2D eigenvalue weighted by molar-refractivity contribution is 5.95. The summed E-state index contributed by atoms with van der Waals surface area (Å²) >= 11 is 0. The summed E-state index contributed by atoms with van der Waals surface area (Å²) in [6.45, 7) is 1.58. The number of carbonyl (C=O) groups excluding carboxylic acids is 1. The molecule has 1 aromatic rings. The number of nitrogens with two attached hydrogens (primary N) is 1. The van der Waals surface area contributed by atoms with Crippen LogP contribution in [0.4, 0.5) is 17.1 Å². The summed E-state index contributed by atoms with van der Waals surface area (Å²) < 4.78 is 5.27. The van der Waals surface area contributed by atoms with Gasteiger partial charge in [-0.1, -0.05) is 0 Å². The van der Waals surface area contributed by atoms with Gasteiger partial charge in [0, 0.05) is 44.7 Å². The number of hydrogen-bond donors (Lipinski definition) is 4. The van der Waals surface area contributed by atoms with Gasteiger partial charge in [0.2, 0.25) is 5.91 Å². The fraction of sp³-hybridized carbons (Fsp3) is 0.533. The Morgan fingerprint density at radius 1 is 1.33 bits per heavy atom. The Balaban J connectivity index is 1.73. The maximum atomic E-state index is 11.5. The summed E-state index contributed by atoms with van der Waals surface area (Å²) in [6.07, 6.45) is 2.44. The number of amides is 1. The zero-order chi connectivity index (χ0) is 14.9. The van der Waals surface area contributed by atoms with Crippen LogP contribution in [0.2, 0.25) is 0 Å². The molecule has 2 aliphatic rings. The van der Waals surface area contributed by atoms with Gasteiger partial charge in [0.05, 0.1) is 17.0 Å². The van der Waals surface area contributed by atoms with Crippen LogP contribution in [0.25, 0.3) is 0 Å². The Labute approximate surface area is 123 Å². The largest absolute Gasteiger partial charge is 0.397 e. The molecule has 21 heavy (non-hydrogen) atoms. The Kier molecular flexibility index (Phi) is 3.73. The van der Waals surface area contributed by atoms with Gasteiger partial charge in [-0.25, -0.2) is 0 Å². The number of aryl methyl sites for hydroxylation is 1. The highest BCUT2D eigenvalue weighted by Gasteiger charge is 2.29. The molecule has 0 aliphatic carbocycles. The average molecular weight is 291 g/mol. The summed E-state index contributed by atoms with van der Waals surface area (Å²) in [5.41, 5.74) is 8.55. The van der Waals surface area contributed by atoms with Gasteiger partial charge in [0.15, 0.2) is 0 Å². The molecule has 0 aromatic heterocycles. The first kappa shape index (κ1) is 14.2. The second kappa shape index (κ2) is 5.54. The van der Waals surface area contributed by atoms with Gasteiger partial charge in [-0.15, -0.1) is 0 Å². The lowest BCUT2D eigenvalue weighted by molar-refractivity contribution is -0.116. The Morgan fingerprint density at radius 2 is 2.10 bits per heavy atom. The van der Waals surface area contributed by atoms with Gasteiger partial charge in [0.25, 0.3) is 0 Å². The molecule has 5 N–H and O–H groups in total. The summed E-state index contributed by atoms with van der Waals surface area (Å²) in [6, 6.07) is 3.75. The molecule has 1 amide bonds. The number of nitrogen functional groups attached to an aromatic ring is 1. The van der Waals surface area contributed by atoms with E-state index in [0.29, 0.717) is 51.1 Å². The predicted octanol–water partition coefficient (Wildman–Crippen LogP) is 1.11. The molecule has 0 bridgehead atoms. The van der Waals surface area contributed by atoms with Crippen LogP contribution < -0.4 is 16.4 Å². The number of benzene rings is 1. The molecule has 1 saturated heterocycles. The van der Waals surface area contributed by atoms with E-state index in [1.54, 1.807) is 0 Å². The molecule has 0 radical (unpaired) electrons. The average Bonchev–Trinajstić information content (AvgIpc) is 2.46. The summed E-state index contributed by atoms with van der Waals surface area (Å²) in [7, 11) is 0. The van der Waals surface area contributed by atoms with Crippen molar-refractivity contribution in [3.8, 4) is 0 Å². The van der Waals surface area contributed by atoms with E-state index in [4.69, 9.17) is 10.5 Å². The molecule has 6 heteroatoms. The van der Waals surface area contributed by atoms with E-state index >= 15 is 0 Å². The van der Waals surface area contributed by atoms with Crippen molar-refractivity contribution in [3.05, 3.63) is 17.7 Å². The maximum absolute atomic E-state index is 11.5. The summed E-state index contributed by atoms with van der Waals surface area (Å²) in [5, 5.41) is 16.5. The van der Waals surface area contributed by atoms with Crippen molar-refractivity contribution in [2.24, 2.45) is 0 Å². The molecule has 3 rings (SSSR count). The zero-order valence-electron chi connectivity index (χ0n) is 11.9. The minimum Gasteiger partial charge on any atom is -0.397 e. The number of fused-ring (bicyclic) bond motifs is 1. The van der Waals surface area contributed by atoms with E-state index in [2.05, 4.69) is 10.6 Å². The second-order valence-corrected chi connectivity index (χ2v) is 5.84. The van der Waals surface area contributed by atoms with Crippen molar-refractivity contribution in [3.63, 3.8) is 0 Å². The van der Waals surface area contributed by atoms with Crippen molar-refractivity contribution >= 4 is 23.0 Å². The minimum atomic E-state index is -0.760. The number of carbonyl (C=O) groups is 1. The quantitative estimate of drug-likeness (QED) is 0.626. The third kappa shape index (κ3) is 3.11. The van der Waals surface area contributed by atoms with Gasteiger partial charge < -0.3 is 26.2 Å². The predicted molar refractivity (Wildman–Crippen MR) is 81.3 cm³/mol. The van der Waals surface area contributed by atoms with Crippen LogP contribution >= 0.6 is 0 Å². The number of aliphatic hydroxyl groups is 1.